The molecule has 0 radical (unpaired) electrons. The van der Waals surface area contributed by atoms with Crippen LogP contribution in [0.25, 0.3) is 5.76 Å². The van der Waals surface area contributed by atoms with Crippen LogP contribution >= 0.6 is 0 Å². The summed E-state index contributed by atoms with van der Waals surface area (Å²) in [5.41, 5.74) is 1.09. The maximum atomic E-state index is 13.0. The Hall–Kier alpha value is -3.58. The number of benzene rings is 2. The number of ether oxygens (including phenoxy) is 3. The van der Waals surface area contributed by atoms with Crippen LogP contribution in [-0.2, 0) is 14.3 Å². The standard InChI is InChI=1S/C25H27NO6/c1-4-14-32-20-8-6-7-18(16-20)22-21(24(28)25(29)26(22)13-15-30-3)23(27)17-9-11-19(12-10-17)31-5-2/h4,6-12,16,22,27H,1,5,13-15H2,2-3H3. The van der Waals surface area contributed by atoms with Crippen LogP contribution in [0.2, 0.25) is 0 Å². The van der Waals surface area contributed by atoms with Gasteiger partial charge in [-0.2, -0.15) is 0 Å². The van der Waals surface area contributed by atoms with E-state index in [1.165, 1.54) is 12.0 Å². The first-order chi connectivity index (χ1) is 15.5. The largest absolute Gasteiger partial charge is 0.507 e. The van der Waals surface area contributed by atoms with Crippen molar-refractivity contribution in [2.24, 2.45) is 0 Å². The zero-order valence-corrected chi connectivity index (χ0v) is 18.2. The van der Waals surface area contributed by atoms with Crippen molar-refractivity contribution in [2.45, 2.75) is 13.0 Å². The molecule has 32 heavy (non-hydrogen) atoms. The second-order valence-corrected chi connectivity index (χ2v) is 7.11. The van der Waals surface area contributed by atoms with Crippen LogP contribution in [0.4, 0.5) is 0 Å². The van der Waals surface area contributed by atoms with Crippen molar-refractivity contribution in [1.29, 1.82) is 0 Å². The number of methoxy groups -OCH3 is 1. The van der Waals surface area contributed by atoms with Crippen molar-refractivity contribution in [1.82, 2.24) is 4.90 Å². The molecule has 0 saturated carbocycles. The van der Waals surface area contributed by atoms with Crippen molar-refractivity contribution in [3.05, 3.63) is 77.9 Å². The Labute approximate surface area is 187 Å². The Morgan fingerprint density at radius 2 is 1.88 bits per heavy atom. The molecule has 168 valence electrons. The summed E-state index contributed by atoms with van der Waals surface area (Å²) in [6, 6.07) is 13.1. The monoisotopic (exact) mass is 437 g/mol. The number of aliphatic hydroxyl groups is 1. The van der Waals surface area contributed by atoms with Crippen LogP contribution in [0.15, 0.2) is 66.8 Å². The second kappa shape index (κ2) is 10.6. The smallest absolute Gasteiger partial charge is 0.295 e. The Morgan fingerprint density at radius 1 is 1.12 bits per heavy atom. The zero-order chi connectivity index (χ0) is 23.1. The van der Waals surface area contributed by atoms with Gasteiger partial charge >= 0.3 is 0 Å². The number of nitrogens with zero attached hydrogens (tertiary/aromatic N) is 1. The minimum Gasteiger partial charge on any atom is -0.507 e. The van der Waals surface area contributed by atoms with Crippen LogP contribution in [0.3, 0.4) is 0 Å². The molecule has 0 aliphatic carbocycles. The van der Waals surface area contributed by atoms with Crippen molar-refractivity contribution >= 4 is 17.4 Å². The molecule has 1 aliphatic heterocycles. The average Bonchev–Trinajstić information content (AvgIpc) is 3.06. The number of aliphatic hydroxyl groups excluding tert-OH is 1. The lowest BCUT2D eigenvalue weighted by molar-refractivity contribution is -0.140. The average molecular weight is 437 g/mol. The molecule has 2 aromatic rings. The fourth-order valence-electron chi connectivity index (χ4n) is 3.61. The highest BCUT2D eigenvalue weighted by Crippen LogP contribution is 2.40. The molecule has 1 saturated heterocycles. The molecule has 1 N–H and O–H groups in total. The van der Waals surface area contributed by atoms with Gasteiger partial charge in [0.1, 0.15) is 23.9 Å². The van der Waals surface area contributed by atoms with E-state index in [9.17, 15) is 14.7 Å². The first-order valence-corrected chi connectivity index (χ1v) is 10.4. The third-order valence-electron chi connectivity index (χ3n) is 5.06. The zero-order valence-electron chi connectivity index (χ0n) is 18.2. The minimum absolute atomic E-state index is 0.0242. The molecular formula is C25H27NO6. The highest BCUT2D eigenvalue weighted by molar-refractivity contribution is 6.46. The molecule has 0 aromatic heterocycles. The topological polar surface area (TPSA) is 85.3 Å². The normalized spacial score (nSPS) is 17.4. The van der Waals surface area contributed by atoms with Gasteiger partial charge in [0.25, 0.3) is 11.7 Å². The number of ketones is 1. The highest BCUT2D eigenvalue weighted by atomic mass is 16.5. The summed E-state index contributed by atoms with van der Waals surface area (Å²) in [6.45, 7) is 6.80. The molecule has 3 rings (SSSR count). The lowest BCUT2D eigenvalue weighted by atomic mass is 9.95. The maximum absolute atomic E-state index is 13.0. The second-order valence-electron chi connectivity index (χ2n) is 7.11. The summed E-state index contributed by atoms with van der Waals surface area (Å²) in [5.74, 6) is -0.449. The number of carbonyl (C=O) groups excluding carboxylic acids is 2. The molecule has 1 aliphatic rings. The van der Waals surface area contributed by atoms with Gasteiger partial charge in [0.05, 0.1) is 24.8 Å². The first-order valence-electron chi connectivity index (χ1n) is 10.4. The predicted molar refractivity (Wildman–Crippen MR) is 121 cm³/mol. The summed E-state index contributed by atoms with van der Waals surface area (Å²) in [6.07, 6.45) is 1.63. The number of Topliss-reactive ketones (excluding diaryl/α,β-unsaturated/α-hetero) is 1. The van der Waals surface area contributed by atoms with Crippen molar-refractivity contribution < 1.29 is 28.9 Å². The SMILES string of the molecule is C=CCOc1cccc(C2C(=C(O)c3ccc(OCC)cc3)C(=O)C(=O)N2CCOC)c1. The predicted octanol–water partition coefficient (Wildman–Crippen LogP) is 3.72. The first kappa shape index (κ1) is 23.1. The van der Waals surface area contributed by atoms with E-state index < -0.39 is 17.7 Å². The van der Waals surface area contributed by atoms with Gasteiger partial charge in [-0.25, -0.2) is 0 Å². The van der Waals surface area contributed by atoms with Crippen molar-refractivity contribution in [2.75, 3.05) is 33.5 Å². The van der Waals surface area contributed by atoms with Crippen LogP contribution in [0.1, 0.15) is 24.1 Å². The van der Waals surface area contributed by atoms with E-state index in [4.69, 9.17) is 14.2 Å². The Bertz CT molecular complexity index is 1010. The maximum Gasteiger partial charge on any atom is 0.295 e. The van der Waals surface area contributed by atoms with Gasteiger partial charge < -0.3 is 24.2 Å². The summed E-state index contributed by atoms with van der Waals surface area (Å²) < 4.78 is 16.2. The van der Waals surface area contributed by atoms with E-state index >= 15 is 0 Å². The fourth-order valence-corrected chi connectivity index (χ4v) is 3.61. The fraction of sp³-hybridized carbons (Fsp3) is 0.280. The van der Waals surface area contributed by atoms with Gasteiger partial charge in [-0.1, -0.05) is 24.8 Å². The van der Waals surface area contributed by atoms with E-state index in [0.717, 1.165) is 0 Å². The molecule has 7 nitrogen and oxygen atoms in total. The molecule has 1 unspecified atom stereocenters. The lowest BCUT2D eigenvalue weighted by Crippen LogP contribution is -2.32. The van der Waals surface area contributed by atoms with Crippen molar-refractivity contribution in [3.63, 3.8) is 0 Å². The molecule has 7 heteroatoms. The Kier molecular flexibility index (Phi) is 7.68. The van der Waals surface area contributed by atoms with Gasteiger partial charge in [0.2, 0.25) is 0 Å². The Morgan fingerprint density at radius 3 is 2.53 bits per heavy atom. The summed E-state index contributed by atoms with van der Waals surface area (Å²) in [5, 5.41) is 11.1. The molecule has 0 bridgehead atoms. The Balaban J connectivity index is 2.09. The number of hydrogen-bond acceptors (Lipinski definition) is 6. The van der Waals surface area contributed by atoms with E-state index in [-0.39, 0.29) is 24.5 Å². The highest BCUT2D eigenvalue weighted by Gasteiger charge is 2.46. The minimum atomic E-state index is -0.774. The van der Waals surface area contributed by atoms with Crippen LogP contribution in [0, 0.1) is 0 Å². The molecule has 1 atom stereocenters. The van der Waals surface area contributed by atoms with E-state index in [0.29, 0.717) is 35.8 Å². The molecule has 2 aromatic carbocycles. The molecule has 1 amide bonds. The molecular weight excluding hydrogens is 410 g/mol. The van der Waals surface area contributed by atoms with Gasteiger partial charge in [0.15, 0.2) is 0 Å². The third kappa shape index (κ3) is 4.84. The summed E-state index contributed by atoms with van der Waals surface area (Å²) in [7, 11) is 1.52. The van der Waals surface area contributed by atoms with E-state index in [2.05, 4.69) is 6.58 Å². The lowest BCUT2D eigenvalue weighted by Gasteiger charge is -2.25. The summed E-state index contributed by atoms with van der Waals surface area (Å²) >= 11 is 0. The molecule has 1 heterocycles. The van der Waals surface area contributed by atoms with Gasteiger partial charge in [-0.05, 0) is 48.9 Å². The van der Waals surface area contributed by atoms with Gasteiger partial charge in [-0.15, -0.1) is 0 Å². The number of carbonyl (C=O) groups is 2. The number of likely N-dealkylation sites (tertiary alicyclic amines) is 1. The van der Waals surface area contributed by atoms with Gasteiger partial charge in [0, 0.05) is 19.2 Å². The van der Waals surface area contributed by atoms with Gasteiger partial charge in [-0.3, -0.25) is 9.59 Å². The summed E-state index contributed by atoms with van der Waals surface area (Å²) in [4.78, 5) is 27.2. The molecule has 0 spiro atoms. The van der Waals surface area contributed by atoms with Crippen LogP contribution < -0.4 is 9.47 Å². The number of hydrogen-bond donors (Lipinski definition) is 1. The molecule has 1 fully saturated rings. The van der Waals surface area contributed by atoms with E-state index in [1.807, 2.05) is 6.92 Å². The number of amides is 1. The van der Waals surface area contributed by atoms with E-state index in [1.54, 1.807) is 54.6 Å². The number of rotatable bonds is 10. The van der Waals surface area contributed by atoms with Crippen LogP contribution in [-0.4, -0.2) is 55.2 Å². The third-order valence-corrected chi connectivity index (χ3v) is 5.06. The quantitative estimate of drug-likeness (QED) is 0.264. The van der Waals surface area contributed by atoms with Crippen molar-refractivity contribution in [3.8, 4) is 11.5 Å². The van der Waals surface area contributed by atoms with Crippen LogP contribution in [0.5, 0.6) is 11.5 Å².